The monoisotopic (exact) mass is 451 g/mol. The summed E-state index contributed by atoms with van der Waals surface area (Å²) < 4.78 is 14.5. The summed E-state index contributed by atoms with van der Waals surface area (Å²) in [6.07, 6.45) is 0.720. The van der Waals surface area contributed by atoms with E-state index >= 15 is 0 Å². The predicted molar refractivity (Wildman–Crippen MR) is 108 cm³/mol. The van der Waals surface area contributed by atoms with Gasteiger partial charge in [-0.05, 0) is 31.1 Å². The third kappa shape index (κ3) is 4.43. The molecule has 3 heterocycles. The van der Waals surface area contributed by atoms with Crippen molar-refractivity contribution in [2.45, 2.75) is 31.7 Å². The fraction of sp³-hybridized carbons (Fsp3) is 0.421. The van der Waals surface area contributed by atoms with Crippen LogP contribution in [-0.4, -0.2) is 65.4 Å². The van der Waals surface area contributed by atoms with Gasteiger partial charge >= 0.3 is 12.1 Å². The van der Waals surface area contributed by atoms with Crippen LogP contribution in [-0.2, 0) is 28.7 Å². The van der Waals surface area contributed by atoms with E-state index in [1.54, 1.807) is 13.0 Å². The zero-order valence-corrected chi connectivity index (χ0v) is 17.9. The molecular formula is C19H21N3O8S. The van der Waals surface area contributed by atoms with Crippen LogP contribution in [0.1, 0.15) is 26.0 Å². The highest BCUT2D eigenvalue weighted by atomic mass is 32.2. The normalized spacial score (nSPS) is 20.5. The lowest BCUT2D eigenvalue weighted by Crippen LogP contribution is -2.71. The first-order valence-electron chi connectivity index (χ1n) is 9.44. The van der Waals surface area contributed by atoms with Crippen molar-refractivity contribution in [3.63, 3.8) is 0 Å². The fourth-order valence-electron chi connectivity index (χ4n) is 3.13. The highest BCUT2D eigenvalue weighted by molar-refractivity contribution is 8.00. The Morgan fingerprint density at radius 2 is 2.13 bits per heavy atom. The third-order valence-corrected chi connectivity index (χ3v) is 5.88. The van der Waals surface area contributed by atoms with E-state index < -0.39 is 35.4 Å². The van der Waals surface area contributed by atoms with Gasteiger partial charge in [-0.25, -0.2) is 9.59 Å². The Balaban J connectivity index is 1.76. The van der Waals surface area contributed by atoms with Crippen molar-refractivity contribution in [3.8, 4) is 0 Å². The quantitative estimate of drug-likeness (QED) is 0.214. The average Bonchev–Trinajstić information content (AvgIpc) is 3.28. The van der Waals surface area contributed by atoms with Crippen molar-refractivity contribution < 1.29 is 37.9 Å². The molecule has 1 aromatic rings. The molecule has 0 aromatic carbocycles. The van der Waals surface area contributed by atoms with Crippen molar-refractivity contribution in [2.24, 2.45) is 5.16 Å². The number of amides is 2. The number of esters is 1. The summed E-state index contributed by atoms with van der Waals surface area (Å²) in [6, 6.07) is 2.21. The van der Waals surface area contributed by atoms with Gasteiger partial charge in [0.05, 0.1) is 12.9 Å². The zero-order chi connectivity index (χ0) is 22.5. The highest BCUT2D eigenvalue weighted by Crippen LogP contribution is 2.41. The molecule has 166 valence electrons. The number of oxime groups is 1. The van der Waals surface area contributed by atoms with E-state index in [2.05, 4.69) is 15.2 Å². The molecule has 3 rings (SSSR count). The van der Waals surface area contributed by atoms with Crippen LogP contribution in [0.15, 0.2) is 39.2 Å². The Bertz CT molecular complexity index is 940. The second-order valence-electron chi connectivity index (χ2n) is 6.34. The molecule has 11 nitrogen and oxygen atoms in total. The number of fused-ring (bicyclic) bond motifs is 1. The van der Waals surface area contributed by atoms with Gasteiger partial charge in [-0.2, -0.15) is 0 Å². The number of hydrogen-bond donors (Lipinski definition) is 1. The molecule has 1 N–H and O–H groups in total. The Hall–Kier alpha value is -3.28. The molecule has 1 aromatic heterocycles. The van der Waals surface area contributed by atoms with E-state index in [0.717, 1.165) is 0 Å². The van der Waals surface area contributed by atoms with Crippen molar-refractivity contribution in [1.82, 2.24) is 10.2 Å². The van der Waals surface area contributed by atoms with Gasteiger partial charge in [0.15, 0.2) is 5.76 Å². The summed E-state index contributed by atoms with van der Waals surface area (Å²) in [6.45, 7) is 3.45. The largest absolute Gasteiger partial charge is 0.516 e. The number of nitrogens with one attached hydrogen (secondary N) is 1. The van der Waals surface area contributed by atoms with Crippen LogP contribution in [0.4, 0.5) is 4.79 Å². The van der Waals surface area contributed by atoms with Crippen LogP contribution < -0.4 is 5.32 Å². The molecule has 2 amide bonds. The summed E-state index contributed by atoms with van der Waals surface area (Å²) in [4.78, 5) is 55.5. The van der Waals surface area contributed by atoms with Crippen LogP contribution in [0.2, 0.25) is 0 Å². The first-order chi connectivity index (χ1) is 14.9. The van der Waals surface area contributed by atoms with E-state index in [0.29, 0.717) is 17.7 Å². The lowest BCUT2D eigenvalue weighted by atomic mass is 10.0. The molecule has 0 aliphatic carbocycles. The van der Waals surface area contributed by atoms with E-state index in [9.17, 15) is 19.2 Å². The maximum Gasteiger partial charge on any atom is 0.516 e. The second-order valence-corrected chi connectivity index (χ2v) is 7.44. The fourth-order valence-corrected chi connectivity index (χ4v) is 4.57. The van der Waals surface area contributed by atoms with Crippen molar-refractivity contribution in [3.05, 3.63) is 35.4 Å². The van der Waals surface area contributed by atoms with Gasteiger partial charge in [-0.1, -0.05) is 12.1 Å². The first-order valence-corrected chi connectivity index (χ1v) is 10.5. The van der Waals surface area contributed by atoms with Gasteiger partial charge in [0.1, 0.15) is 24.2 Å². The topological polar surface area (TPSA) is 137 Å². The van der Waals surface area contributed by atoms with Crippen LogP contribution in [0.3, 0.4) is 0 Å². The van der Waals surface area contributed by atoms with E-state index in [-0.39, 0.29) is 23.8 Å². The Labute approximate surface area is 181 Å². The molecule has 2 aliphatic heterocycles. The van der Waals surface area contributed by atoms with E-state index in [4.69, 9.17) is 14.0 Å². The Kier molecular flexibility index (Phi) is 7.00. The lowest BCUT2D eigenvalue weighted by Gasteiger charge is -2.49. The number of furan rings is 1. The summed E-state index contributed by atoms with van der Waals surface area (Å²) in [5.74, 6) is -1.54. The van der Waals surface area contributed by atoms with Gasteiger partial charge in [-0.3, -0.25) is 14.5 Å². The third-order valence-electron chi connectivity index (χ3n) is 4.54. The molecule has 1 fully saturated rings. The summed E-state index contributed by atoms with van der Waals surface area (Å²) in [7, 11) is 1.28. The molecule has 0 spiro atoms. The number of rotatable bonds is 7. The maximum absolute atomic E-state index is 12.8. The van der Waals surface area contributed by atoms with Crippen LogP contribution >= 0.6 is 11.8 Å². The highest BCUT2D eigenvalue weighted by Gasteiger charge is 2.54. The van der Waals surface area contributed by atoms with Crippen LogP contribution in [0, 0.1) is 0 Å². The molecule has 2 atom stereocenters. The minimum atomic E-state index is -1.14. The van der Waals surface area contributed by atoms with E-state index in [1.165, 1.54) is 36.1 Å². The van der Waals surface area contributed by atoms with Gasteiger partial charge in [0, 0.05) is 5.75 Å². The smallest absolute Gasteiger partial charge is 0.462 e. The van der Waals surface area contributed by atoms with Gasteiger partial charge in [-0.15, -0.1) is 11.8 Å². The van der Waals surface area contributed by atoms with Crippen molar-refractivity contribution in [2.75, 3.05) is 19.5 Å². The molecule has 0 bridgehead atoms. The van der Waals surface area contributed by atoms with Gasteiger partial charge in [0.2, 0.25) is 5.71 Å². The zero-order valence-electron chi connectivity index (χ0n) is 17.1. The molecule has 0 radical (unpaired) electrons. The average molecular weight is 451 g/mol. The summed E-state index contributed by atoms with van der Waals surface area (Å²) in [5.41, 5.74) is 0.531. The SMILES string of the molecule is CCOC(=O)OC(=O)C1=C(CC)CS[C@@H]2[C@H](NC(=O)/C(=N/OC)c3ccco3)C(=O)N12. The number of β-lactam (4-membered cyclic amide) rings is 1. The molecule has 0 unspecified atom stereocenters. The first kappa shape index (κ1) is 22.4. The minimum Gasteiger partial charge on any atom is -0.462 e. The minimum absolute atomic E-state index is 0.00613. The Morgan fingerprint density at radius 1 is 1.35 bits per heavy atom. The number of nitrogens with zero attached hydrogens (tertiary/aromatic N) is 2. The molecule has 1 saturated heterocycles. The number of carbonyl (C=O) groups is 4. The van der Waals surface area contributed by atoms with Crippen LogP contribution in [0.5, 0.6) is 0 Å². The maximum atomic E-state index is 12.8. The predicted octanol–water partition coefficient (Wildman–Crippen LogP) is 1.39. The number of thioether (sulfide) groups is 1. The summed E-state index contributed by atoms with van der Waals surface area (Å²) >= 11 is 1.39. The molecule has 12 heteroatoms. The van der Waals surface area contributed by atoms with Gasteiger partial charge < -0.3 is 24.0 Å². The Morgan fingerprint density at radius 3 is 2.74 bits per heavy atom. The standard InChI is InChI=1S/C19H21N3O8S/c1-4-10-9-31-17-13(20-15(23)12(21-27-3)11-7-6-8-29-11)16(24)22(17)14(10)18(25)30-19(26)28-5-2/h6-8,13,17H,4-5,9H2,1-3H3,(H,20,23)/b21-12+/t13-,17-/m1/s1. The lowest BCUT2D eigenvalue weighted by molar-refractivity contribution is -0.151. The van der Waals surface area contributed by atoms with E-state index in [1.807, 2.05) is 6.92 Å². The number of carbonyl (C=O) groups excluding carboxylic acids is 4. The number of hydrogen-bond acceptors (Lipinski definition) is 10. The van der Waals surface area contributed by atoms with Gasteiger partial charge in [0.25, 0.3) is 11.8 Å². The second kappa shape index (κ2) is 9.69. The van der Waals surface area contributed by atoms with Crippen LogP contribution in [0.25, 0.3) is 0 Å². The molecular weight excluding hydrogens is 430 g/mol. The molecule has 31 heavy (non-hydrogen) atoms. The van der Waals surface area contributed by atoms with Crippen molar-refractivity contribution in [1.29, 1.82) is 0 Å². The number of ether oxygens (including phenoxy) is 2. The van der Waals surface area contributed by atoms with Crippen molar-refractivity contribution >= 4 is 41.4 Å². The molecule has 2 aliphatic rings. The summed E-state index contributed by atoms with van der Waals surface area (Å²) in [5, 5.41) is 5.73. The molecule has 0 saturated carbocycles.